The molecule has 0 bridgehead atoms. The number of nitrogens with zero attached hydrogens (tertiary/aromatic N) is 2. The Morgan fingerprint density at radius 3 is 2.71 bits per heavy atom. The van der Waals surface area contributed by atoms with Crippen molar-refractivity contribution in [1.29, 1.82) is 0 Å². The lowest BCUT2D eigenvalue weighted by molar-refractivity contribution is -0.130. The molecule has 2 rings (SSSR count). The lowest BCUT2D eigenvalue weighted by Crippen LogP contribution is -2.37. The molecule has 2 unspecified atom stereocenters. The Labute approximate surface area is 132 Å². The van der Waals surface area contributed by atoms with Gasteiger partial charge in [-0.25, -0.2) is 0 Å². The first kappa shape index (κ1) is 16.5. The molecule has 0 saturated carbocycles. The van der Waals surface area contributed by atoms with Crippen LogP contribution < -0.4 is 5.32 Å². The van der Waals surface area contributed by atoms with Gasteiger partial charge in [-0.3, -0.25) is 10.1 Å². The van der Waals surface area contributed by atoms with Gasteiger partial charge in [0.25, 0.3) is 0 Å². The second kappa shape index (κ2) is 7.38. The Morgan fingerprint density at radius 1 is 1.38 bits per heavy atom. The number of hydrogen-bond acceptors (Lipinski definition) is 4. The molecule has 1 aliphatic heterocycles. The average Bonchev–Trinajstić information content (AvgIpc) is 3.02. The molecule has 1 amide bonds. The summed E-state index contributed by atoms with van der Waals surface area (Å²) in [4.78, 5) is 19.5. The number of hydrogen-bond donors (Lipinski definition) is 1. The van der Waals surface area contributed by atoms with Crippen molar-refractivity contribution in [3.05, 3.63) is 21.9 Å². The van der Waals surface area contributed by atoms with Gasteiger partial charge in [0, 0.05) is 22.8 Å². The SMILES string of the molecule is CCCC1NC(c2ccc(C)s2)N(CCN(C)CC)C1=O. The Morgan fingerprint density at radius 2 is 2.14 bits per heavy atom. The van der Waals surface area contributed by atoms with Crippen molar-refractivity contribution >= 4 is 17.2 Å². The summed E-state index contributed by atoms with van der Waals surface area (Å²) in [6, 6.07) is 4.26. The van der Waals surface area contributed by atoms with Crippen molar-refractivity contribution in [3.63, 3.8) is 0 Å². The third kappa shape index (κ3) is 3.84. The molecule has 0 aliphatic carbocycles. The number of carbonyl (C=O) groups excluding carboxylic acids is 1. The summed E-state index contributed by atoms with van der Waals surface area (Å²) < 4.78 is 0. The molecule has 21 heavy (non-hydrogen) atoms. The quantitative estimate of drug-likeness (QED) is 0.841. The monoisotopic (exact) mass is 309 g/mol. The molecule has 118 valence electrons. The molecular formula is C16H27N3OS. The summed E-state index contributed by atoms with van der Waals surface area (Å²) in [5, 5.41) is 3.53. The molecule has 0 aromatic carbocycles. The Balaban J connectivity index is 2.12. The van der Waals surface area contributed by atoms with Crippen LogP contribution in [-0.2, 0) is 4.79 Å². The maximum Gasteiger partial charge on any atom is 0.241 e. The fourth-order valence-electron chi connectivity index (χ4n) is 2.69. The van der Waals surface area contributed by atoms with Gasteiger partial charge in [-0.1, -0.05) is 20.3 Å². The Hall–Kier alpha value is -0.910. The normalized spacial score (nSPS) is 22.5. The zero-order chi connectivity index (χ0) is 15.4. The van der Waals surface area contributed by atoms with Crippen LogP contribution in [0, 0.1) is 6.92 Å². The lowest BCUT2D eigenvalue weighted by atomic mass is 10.2. The van der Waals surface area contributed by atoms with Gasteiger partial charge >= 0.3 is 0 Å². The topological polar surface area (TPSA) is 35.6 Å². The fraction of sp³-hybridized carbons (Fsp3) is 0.688. The van der Waals surface area contributed by atoms with Gasteiger partial charge in [0.1, 0.15) is 6.17 Å². The first-order valence-corrected chi connectivity index (χ1v) is 8.69. The first-order valence-electron chi connectivity index (χ1n) is 7.88. The molecular weight excluding hydrogens is 282 g/mol. The van der Waals surface area contributed by atoms with Crippen molar-refractivity contribution in [1.82, 2.24) is 15.1 Å². The summed E-state index contributed by atoms with van der Waals surface area (Å²) in [7, 11) is 2.10. The van der Waals surface area contributed by atoms with Gasteiger partial charge < -0.3 is 9.80 Å². The molecule has 4 nitrogen and oxygen atoms in total. The maximum absolute atomic E-state index is 12.6. The van der Waals surface area contributed by atoms with Gasteiger partial charge in [0.05, 0.1) is 6.04 Å². The first-order chi connectivity index (χ1) is 10.1. The molecule has 0 radical (unpaired) electrons. The molecule has 1 aromatic rings. The van der Waals surface area contributed by atoms with Crippen molar-refractivity contribution < 1.29 is 4.79 Å². The standard InChI is InChI=1S/C16H27N3OS/c1-5-7-13-16(20)19(11-10-18(4)6-2)15(17-13)14-9-8-12(3)21-14/h8-9,13,15,17H,5-7,10-11H2,1-4H3. The van der Waals surface area contributed by atoms with E-state index in [0.29, 0.717) is 0 Å². The minimum atomic E-state index is -0.0191. The highest BCUT2D eigenvalue weighted by atomic mass is 32.1. The smallest absolute Gasteiger partial charge is 0.241 e. The number of thiophene rings is 1. The van der Waals surface area contributed by atoms with Crippen LogP contribution in [0.25, 0.3) is 0 Å². The van der Waals surface area contributed by atoms with Crippen LogP contribution in [0.4, 0.5) is 0 Å². The molecule has 1 aliphatic rings. The molecule has 5 heteroatoms. The van der Waals surface area contributed by atoms with Crippen molar-refractivity contribution in [2.45, 2.75) is 45.8 Å². The van der Waals surface area contributed by atoms with E-state index in [0.717, 1.165) is 32.5 Å². The van der Waals surface area contributed by atoms with Crippen LogP contribution in [0.2, 0.25) is 0 Å². The highest BCUT2D eigenvalue weighted by Crippen LogP contribution is 2.31. The molecule has 1 aromatic heterocycles. The van der Waals surface area contributed by atoms with Crippen molar-refractivity contribution in [2.24, 2.45) is 0 Å². The van der Waals surface area contributed by atoms with E-state index in [1.54, 1.807) is 11.3 Å². The predicted molar refractivity (Wildman–Crippen MR) is 88.5 cm³/mol. The van der Waals surface area contributed by atoms with Crippen LogP contribution in [-0.4, -0.2) is 48.4 Å². The second-order valence-electron chi connectivity index (χ2n) is 5.79. The van der Waals surface area contributed by atoms with E-state index in [2.05, 4.69) is 50.2 Å². The highest BCUT2D eigenvalue weighted by molar-refractivity contribution is 7.12. The van der Waals surface area contributed by atoms with Gasteiger partial charge in [-0.2, -0.15) is 0 Å². The average molecular weight is 309 g/mol. The van der Waals surface area contributed by atoms with E-state index in [-0.39, 0.29) is 18.1 Å². The molecule has 2 atom stereocenters. The summed E-state index contributed by atoms with van der Waals surface area (Å²) in [6.45, 7) is 9.11. The number of aryl methyl sites for hydroxylation is 1. The van der Waals surface area contributed by atoms with Crippen molar-refractivity contribution in [3.8, 4) is 0 Å². The molecule has 1 saturated heterocycles. The van der Waals surface area contributed by atoms with Gasteiger partial charge in [0.2, 0.25) is 5.91 Å². The van der Waals surface area contributed by atoms with Crippen LogP contribution >= 0.6 is 11.3 Å². The lowest BCUT2D eigenvalue weighted by Gasteiger charge is -2.25. The number of carbonyl (C=O) groups is 1. The molecule has 1 N–H and O–H groups in total. The summed E-state index contributed by atoms with van der Waals surface area (Å²) in [5.74, 6) is 0.261. The minimum Gasteiger partial charge on any atom is -0.319 e. The minimum absolute atomic E-state index is 0.0191. The summed E-state index contributed by atoms with van der Waals surface area (Å²) >= 11 is 1.78. The largest absolute Gasteiger partial charge is 0.319 e. The fourth-order valence-corrected chi connectivity index (χ4v) is 3.64. The molecule has 0 spiro atoms. The Bertz CT molecular complexity index is 474. The van der Waals surface area contributed by atoms with E-state index in [4.69, 9.17) is 0 Å². The van der Waals surface area contributed by atoms with Crippen LogP contribution in [0.5, 0.6) is 0 Å². The van der Waals surface area contributed by atoms with Crippen LogP contribution in [0.15, 0.2) is 12.1 Å². The van der Waals surface area contributed by atoms with Crippen molar-refractivity contribution in [2.75, 3.05) is 26.7 Å². The van der Waals surface area contributed by atoms with E-state index in [9.17, 15) is 4.79 Å². The van der Waals surface area contributed by atoms with Crippen LogP contribution in [0.3, 0.4) is 0 Å². The number of nitrogens with one attached hydrogen (secondary N) is 1. The third-order valence-corrected chi connectivity index (χ3v) is 5.18. The number of amides is 1. The second-order valence-corrected chi connectivity index (χ2v) is 7.11. The molecule has 1 fully saturated rings. The van der Waals surface area contributed by atoms with Crippen LogP contribution in [0.1, 0.15) is 42.6 Å². The van der Waals surface area contributed by atoms with E-state index < -0.39 is 0 Å². The zero-order valence-corrected chi connectivity index (χ0v) is 14.4. The molecule has 2 heterocycles. The predicted octanol–water partition coefficient (Wildman–Crippen LogP) is 2.61. The number of likely N-dealkylation sites (N-methyl/N-ethyl adjacent to an activating group) is 1. The zero-order valence-electron chi connectivity index (χ0n) is 13.6. The van der Waals surface area contributed by atoms with Gasteiger partial charge in [-0.15, -0.1) is 11.3 Å². The Kier molecular flexibility index (Phi) is 5.79. The van der Waals surface area contributed by atoms with E-state index in [1.807, 2.05) is 4.90 Å². The van der Waals surface area contributed by atoms with Gasteiger partial charge in [-0.05, 0) is 39.1 Å². The number of rotatable bonds is 7. The van der Waals surface area contributed by atoms with Gasteiger partial charge in [0.15, 0.2) is 0 Å². The third-order valence-electron chi connectivity index (χ3n) is 4.12. The maximum atomic E-state index is 12.6. The summed E-state index contributed by atoms with van der Waals surface area (Å²) in [6.07, 6.45) is 2.00. The van der Waals surface area contributed by atoms with E-state index in [1.165, 1.54) is 9.75 Å². The highest BCUT2D eigenvalue weighted by Gasteiger charge is 2.39. The summed E-state index contributed by atoms with van der Waals surface area (Å²) in [5.41, 5.74) is 0. The van der Waals surface area contributed by atoms with E-state index >= 15 is 0 Å².